The average Bonchev–Trinajstić information content (AvgIpc) is 2.66. The quantitative estimate of drug-likeness (QED) is 0.710. The Hall–Kier alpha value is -2.61. The number of rotatable bonds is 7. The van der Waals surface area contributed by atoms with Crippen molar-refractivity contribution in [3.8, 4) is 0 Å². The molecular weight excluding hydrogens is 370 g/mol. The summed E-state index contributed by atoms with van der Waals surface area (Å²) in [5.41, 5.74) is 0.555. The van der Waals surface area contributed by atoms with Gasteiger partial charge < -0.3 is 14.8 Å². The van der Waals surface area contributed by atoms with Gasteiger partial charge in [-0.3, -0.25) is 14.4 Å². The summed E-state index contributed by atoms with van der Waals surface area (Å²) in [6.07, 6.45) is 0. The van der Waals surface area contributed by atoms with Crippen LogP contribution in [0.3, 0.4) is 0 Å². The molecule has 1 aliphatic rings. The topological polar surface area (TPSA) is 98.8 Å². The number of methoxy groups -OCH3 is 2. The maximum absolute atomic E-state index is 12.7. The third-order valence-electron chi connectivity index (χ3n) is 4.03. The SMILES string of the molecule is COC(=O)[C@@H](NC(=O)CSC1=C(OC)C(=O)c2ccccc2C1=O)C(C)C. The summed E-state index contributed by atoms with van der Waals surface area (Å²) in [4.78, 5) is 49.3. The fraction of sp³-hybridized carbons (Fsp3) is 0.368. The lowest BCUT2D eigenvalue weighted by atomic mass is 9.93. The van der Waals surface area contributed by atoms with E-state index in [1.807, 2.05) is 0 Å². The lowest BCUT2D eigenvalue weighted by Crippen LogP contribution is -2.45. The van der Waals surface area contributed by atoms with Crippen LogP contribution in [0.4, 0.5) is 0 Å². The van der Waals surface area contributed by atoms with E-state index in [4.69, 9.17) is 4.74 Å². The molecule has 27 heavy (non-hydrogen) atoms. The molecule has 1 amide bonds. The van der Waals surface area contributed by atoms with E-state index in [9.17, 15) is 19.2 Å². The van der Waals surface area contributed by atoms with Crippen molar-refractivity contribution in [3.05, 3.63) is 46.1 Å². The Balaban J connectivity index is 2.16. The second-order valence-corrected chi connectivity index (χ2v) is 7.15. The van der Waals surface area contributed by atoms with Crippen molar-refractivity contribution in [1.82, 2.24) is 5.32 Å². The summed E-state index contributed by atoms with van der Waals surface area (Å²) in [7, 11) is 2.55. The van der Waals surface area contributed by atoms with Gasteiger partial charge >= 0.3 is 5.97 Å². The molecule has 0 saturated carbocycles. The molecular formula is C19H21NO6S. The van der Waals surface area contributed by atoms with Crippen molar-refractivity contribution in [2.75, 3.05) is 20.0 Å². The van der Waals surface area contributed by atoms with E-state index < -0.39 is 23.7 Å². The molecule has 2 rings (SSSR count). The summed E-state index contributed by atoms with van der Waals surface area (Å²) in [6, 6.07) is 5.67. The highest BCUT2D eigenvalue weighted by Crippen LogP contribution is 2.33. The Morgan fingerprint density at radius 2 is 1.67 bits per heavy atom. The number of hydrogen-bond donors (Lipinski definition) is 1. The van der Waals surface area contributed by atoms with Gasteiger partial charge in [0.25, 0.3) is 0 Å². The number of carbonyl (C=O) groups excluding carboxylic acids is 4. The predicted molar refractivity (Wildman–Crippen MR) is 100 cm³/mol. The van der Waals surface area contributed by atoms with Gasteiger partial charge in [0, 0.05) is 11.1 Å². The van der Waals surface area contributed by atoms with E-state index in [1.165, 1.54) is 14.2 Å². The number of hydrogen-bond acceptors (Lipinski definition) is 7. The third-order valence-corrected chi connectivity index (χ3v) is 5.09. The van der Waals surface area contributed by atoms with E-state index in [0.717, 1.165) is 11.8 Å². The zero-order valence-corrected chi connectivity index (χ0v) is 16.3. The Bertz CT molecular complexity index is 814. The fourth-order valence-corrected chi connectivity index (χ4v) is 3.53. The molecule has 7 nitrogen and oxygen atoms in total. The molecule has 1 aromatic rings. The largest absolute Gasteiger partial charge is 0.491 e. The van der Waals surface area contributed by atoms with Crippen LogP contribution in [0, 0.1) is 5.92 Å². The van der Waals surface area contributed by atoms with Gasteiger partial charge in [0.05, 0.1) is 20.0 Å². The Labute approximate surface area is 161 Å². The minimum atomic E-state index is -0.789. The Morgan fingerprint density at radius 1 is 1.07 bits per heavy atom. The van der Waals surface area contributed by atoms with Crippen LogP contribution in [0.25, 0.3) is 0 Å². The van der Waals surface area contributed by atoms with Crippen LogP contribution in [0.1, 0.15) is 34.6 Å². The van der Waals surface area contributed by atoms with Crippen molar-refractivity contribution in [1.29, 1.82) is 0 Å². The summed E-state index contributed by atoms with van der Waals surface area (Å²) in [5, 5.41) is 2.59. The van der Waals surface area contributed by atoms with Crippen LogP contribution >= 0.6 is 11.8 Å². The first-order valence-corrected chi connectivity index (χ1v) is 9.27. The van der Waals surface area contributed by atoms with E-state index in [1.54, 1.807) is 38.1 Å². The molecule has 0 aliphatic heterocycles. The van der Waals surface area contributed by atoms with Crippen molar-refractivity contribution in [2.45, 2.75) is 19.9 Å². The van der Waals surface area contributed by atoms with Crippen LogP contribution < -0.4 is 5.32 Å². The van der Waals surface area contributed by atoms with E-state index >= 15 is 0 Å². The zero-order chi connectivity index (χ0) is 20.1. The summed E-state index contributed by atoms with van der Waals surface area (Å²) in [6.45, 7) is 3.56. The fourth-order valence-electron chi connectivity index (χ4n) is 2.62. The summed E-state index contributed by atoms with van der Waals surface area (Å²) < 4.78 is 9.82. The monoisotopic (exact) mass is 391 g/mol. The van der Waals surface area contributed by atoms with Crippen molar-refractivity contribution in [3.63, 3.8) is 0 Å². The van der Waals surface area contributed by atoms with Gasteiger partial charge in [0.15, 0.2) is 5.76 Å². The molecule has 0 bridgehead atoms. The van der Waals surface area contributed by atoms with Gasteiger partial charge in [0.2, 0.25) is 17.5 Å². The highest BCUT2D eigenvalue weighted by atomic mass is 32.2. The molecule has 1 N–H and O–H groups in total. The molecule has 1 aromatic carbocycles. The molecule has 0 fully saturated rings. The maximum Gasteiger partial charge on any atom is 0.328 e. The third kappa shape index (κ3) is 4.39. The number of esters is 1. The standard InChI is InChI=1S/C19H21NO6S/c1-10(2)14(19(24)26-4)20-13(21)9-27-18-16(23)12-8-6-5-7-11(12)15(22)17(18)25-3/h5-8,10,14H,9H2,1-4H3,(H,20,21)/t14-/m0/s1. The van der Waals surface area contributed by atoms with Gasteiger partial charge in [-0.15, -0.1) is 11.8 Å². The number of allylic oxidation sites excluding steroid dienone is 2. The highest BCUT2D eigenvalue weighted by Gasteiger charge is 2.34. The van der Waals surface area contributed by atoms with Crippen LogP contribution in [-0.4, -0.2) is 49.5 Å². The second-order valence-electron chi connectivity index (χ2n) is 6.17. The van der Waals surface area contributed by atoms with Gasteiger partial charge in [0.1, 0.15) is 10.9 Å². The van der Waals surface area contributed by atoms with Gasteiger partial charge in [-0.05, 0) is 5.92 Å². The van der Waals surface area contributed by atoms with Gasteiger partial charge in [-0.1, -0.05) is 38.1 Å². The summed E-state index contributed by atoms with van der Waals surface area (Å²) >= 11 is 0.907. The Morgan fingerprint density at radius 3 is 2.19 bits per heavy atom. The molecule has 144 valence electrons. The van der Waals surface area contributed by atoms with Crippen LogP contribution in [0.15, 0.2) is 34.9 Å². The van der Waals surface area contributed by atoms with E-state index in [2.05, 4.69) is 10.1 Å². The van der Waals surface area contributed by atoms with Crippen LogP contribution in [0.5, 0.6) is 0 Å². The number of carbonyl (C=O) groups is 4. The minimum absolute atomic E-state index is 0.0788. The van der Waals surface area contributed by atoms with Crippen molar-refractivity contribution < 1.29 is 28.7 Å². The zero-order valence-electron chi connectivity index (χ0n) is 15.5. The highest BCUT2D eigenvalue weighted by molar-refractivity contribution is 8.04. The van der Waals surface area contributed by atoms with Crippen LogP contribution in [-0.2, 0) is 19.1 Å². The number of Topliss-reactive ketones (excluding diaryl/α,β-unsaturated/α-hetero) is 2. The molecule has 0 heterocycles. The molecule has 1 atom stereocenters. The molecule has 0 aromatic heterocycles. The minimum Gasteiger partial charge on any atom is -0.491 e. The molecule has 0 spiro atoms. The first kappa shape index (κ1) is 20.7. The molecule has 8 heteroatoms. The van der Waals surface area contributed by atoms with Gasteiger partial charge in [-0.25, -0.2) is 4.79 Å². The number of amides is 1. The smallest absolute Gasteiger partial charge is 0.328 e. The number of nitrogens with one attached hydrogen (secondary N) is 1. The molecule has 0 saturated heterocycles. The first-order valence-electron chi connectivity index (χ1n) is 8.28. The number of thioether (sulfide) groups is 1. The van der Waals surface area contributed by atoms with Gasteiger partial charge in [-0.2, -0.15) is 0 Å². The maximum atomic E-state index is 12.7. The summed E-state index contributed by atoms with van der Waals surface area (Å²) in [5.74, 6) is -2.15. The number of ether oxygens (including phenoxy) is 2. The van der Waals surface area contributed by atoms with E-state index in [-0.39, 0.29) is 39.2 Å². The predicted octanol–water partition coefficient (Wildman–Crippen LogP) is 1.97. The lowest BCUT2D eigenvalue weighted by molar-refractivity contribution is -0.146. The molecule has 0 unspecified atom stereocenters. The average molecular weight is 391 g/mol. The van der Waals surface area contributed by atoms with Crippen molar-refractivity contribution in [2.24, 2.45) is 5.92 Å². The Kier molecular flexibility index (Phi) is 6.79. The van der Waals surface area contributed by atoms with E-state index in [0.29, 0.717) is 0 Å². The molecule has 0 radical (unpaired) electrons. The number of fused-ring (bicyclic) bond motifs is 1. The first-order chi connectivity index (χ1) is 12.8. The molecule has 1 aliphatic carbocycles. The van der Waals surface area contributed by atoms with Crippen LogP contribution in [0.2, 0.25) is 0 Å². The lowest BCUT2D eigenvalue weighted by Gasteiger charge is -2.21. The second kappa shape index (κ2) is 8.85. The number of benzene rings is 1. The van der Waals surface area contributed by atoms with Crippen molar-refractivity contribution >= 4 is 35.2 Å². The normalized spacial score (nSPS) is 14.7. The number of ketones is 2.